The van der Waals surface area contributed by atoms with Crippen molar-refractivity contribution in [2.24, 2.45) is 0 Å². The summed E-state index contributed by atoms with van der Waals surface area (Å²) in [6.07, 6.45) is -4.29. The summed E-state index contributed by atoms with van der Waals surface area (Å²) in [5.74, 6) is -0.452. The van der Waals surface area contributed by atoms with Crippen LogP contribution in [0.1, 0.15) is 34.4 Å². The molecule has 1 N–H and O–H groups in total. The van der Waals surface area contributed by atoms with E-state index in [1.165, 1.54) is 19.2 Å². The molecule has 0 saturated heterocycles. The molecule has 1 atom stereocenters. The molecule has 0 aliphatic carbocycles. The Labute approximate surface area is 175 Å². The molecule has 0 fully saturated rings. The van der Waals surface area contributed by atoms with Gasteiger partial charge in [0, 0.05) is 12.1 Å². The van der Waals surface area contributed by atoms with E-state index >= 15 is 0 Å². The van der Waals surface area contributed by atoms with Crippen LogP contribution in [0.2, 0.25) is 0 Å². The molecule has 31 heavy (non-hydrogen) atoms. The number of rotatable bonds is 4. The number of amides is 1. The van der Waals surface area contributed by atoms with Gasteiger partial charge in [-0.15, -0.1) is 0 Å². The van der Waals surface area contributed by atoms with E-state index in [2.05, 4.69) is 10.1 Å². The summed E-state index contributed by atoms with van der Waals surface area (Å²) in [5.41, 5.74) is 0.408. The van der Waals surface area contributed by atoms with E-state index in [9.17, 15) is 22.8 Å². The molecule has 1 aromatic heterocycles. The second-order valence-corrected chi connectivity index (χ2v) is 7.56. The first-order valence-corrected chi connectivity index (χ1v) is 9.42. The van der Waals surface area contributed by atoms with Crippen LogP contribution in [0.5, 0.6) is 0 Å². The number of carbonyl (C=O) groups is 2. The van der Waals surface area contributed by atoms with Gasteiger partial charge in [0.1, 0.15) is 5.76 Å². The number of methoxy groups -OCH3 is 1. The smallest absolute Gasteiger partial charge is 0.416 e. The van der Waals surface area contributed by atoms with Crippen molar-refractivity contribution in [1.29, 1.82) is 0 Å². The van der Waals surface area contributed by atoms with Crippen LogP contribution in [-0.2, 0) is 27.5 Å². The fourth-order valence-corrected chi connectivity index (χ4v) is 3.75. The number of fused-ring (bicyclic) bond motifs is 1. The number of furan rings is 1. The number of carbonyl (C=O) groups excluding carboxylic acids is 2. The van der Waals surface area contributed by atoms with Gasteiger partial charge in [0.05, 0.1) is 18.1 Å². The van der Waals surface area contributed by atoms with E-state index in [0.717, 1.165) is 12.1 Å². The summed E-state index contributed by atoms with van der Waals surface area (Å²) in [4.78, 5) is 24.4. The third-order valence-electron chi connectivity index (χ3n) is 5.46. The zero-order valence-corrected chi connectivity index (χ0v) is 16.7. The number of ether oxygens (including phenoxy) is 1. The summed E-state index contributed by atoms with van der Waals surface area (Å²) >= 11 is 0. The van der Waals surface area contributed by atoms with Gasteiger partial charge in [-0.1, -0.05) is 18.2 Å². The maximum atomic E-state index is 13.1. The van der Waals surface area contributed by atoms with Gasteiger partial charge in [0.2, 0.25) is 11.7 Å². The van der Waals surface area contributed by atoms with Gasteiger partial charge >= 0.3 is 12.1 Å². The topological polar surface area (TPSA) is 68.5 Å². The predicted molar refractivity (Wildman–Crippen MR) is 107 cm³/mol. The minimum Gasteiger partial charge on any atom is -0.463 e. The van der Waals surface area contributed by atoms with Gasteiger partial charge in [-0.05, 0) is 60.0 Å². The SMILES string of the molecule is COC(=O)c1ccc(CC2(C)C(=O)Nc3ccc(-c4cccc(C(F)(F)F)c4)cc32)o1. The van der Waals surface area contributed by atoms with Gasteiger partial charge < -0.3 is 14.5 Å². The van der Waals surface area contributed by atoms with Crippen LogP contribution < -0.4 is 5.32 Å². The molecule has 2 heterocycles. The summed E-state index contributed by atoms with van der Waals surface area (Å²) in [6, 6.07) is 13.2. The van der Waals surface area contributed by atoms with E-state index in [-0.39, 0.29) is 18.1 Å². The predicted octanol–water partition coefficient (Wildman–Crippen LogP) is 5.20. The van der Waals surface area contributed by atoms with Crippen molar-refractivity contribution in [2.75, 3.05) is 12.4 Å². The molecule has 160 valence electrons. The molecule has 8 heteroatoms. The zero-order chi connectivity index (χ0) is 22.4. The maximum absolute atomic E-state index is 13.1. The Balaban J connectivity index is 1.71. The van der Waals surface area contributed by atoms with Gasteiger partial charge in [-0.2, -0.15) is 13.2 Å². The molecule has 1 amide bonds. The van der Waals surface area contributed by atoms with Gasteiger partial charge in [0.15, 0.2) is 0 Å². The van der Waals surface area contributed by atoms with Crippen molar-refractivity contribution in [3.05, 3.63) is 77.2 Å². The van der Waals surface area contributed by atoms with Crippen molar-refractivity contribution >= 4 is 17.6 Å². The van der Waals surface area contributed by atoms with Crippen molar-refractivity contribution in [2.45, 2.75) is 24.9 Å². The molecule has 5 nitrogen and oxygen atoms in total. The lowest BCUT2D eigenvalue weighted by atomic mass is 9.79. The number of esters is 1. The van der Waals surface area contributed by atoms with Gasteiger partial charge in [0.25, 0.3) is 0 Å². The van der Waals surface area contributed by atoms with Crippen LogP contribution in [0, 0.1) is 0 Å². The lowest BCUT2D eigenvalue weighted by Crippen LogP contribution is -2.33. The summed E-state index contributed by atoms with van der Waals surface area (Å²) in [5, 5.41) is 2.81. The quantitative estimate of drug-likeness (QED) is 0.579. The largest absolute Gasteiger partial charge is 0.463 e. The first-order chi connectivity index (χ1) is 14.6. The lowest BCUT2D eigenvalue weighted by molar-refractivity contribution is -0.137. The molecular weight excluding hydrogens is 411 g/mol. The standard InChI is InChI=1S/C23H18F3NO4/c1-22(12-16-7-9-19(31-16)20(28)30-2)17-11-14(6-8-18(17)27-21(22)29)13-4-3-5-15(10-13)23(24,25)26/h3-11H,12H2,1-2H3,(H,27,29). The summed E-state index contributed by atoms with van der Waals surface area (Å²) in [7, 11) is 1.24. The van der Waals surface area contributed by atoms with E-state index in [4.69, 9.17) is 4.42 Å². The number of hydrogen-bond donors (Lipinski definition) is 1. The van der Waals surface area contributed by atoms with E-state index in [0.29, 0.717) is 28.1 Å². The van der Waals surface area contributed by atoms with Crippen molar-refractivity contribution < 1.29 is 31.9 Å². The number of nitrogens with one attached hydrogen (secondary N) is 1. The van der Waals surface area contributed by atoms with E-state index in [1.807, 2.05) is 0 Å². The molecule has 3 aromatic rings. The molecule has 0 saturated carbocycles. The highest BCUT2D eigenvalue weighted by Gasteiger charge is 2.43. The Morgan fingerprint density at radius 1 is 1.10 bits per heavy atom. The highest BCUT2D eigenvalue weighted by molar-refractivity contribution is 6.06. The molecule has 0 spiro atoms. The Morgan fingerprint density at radius 2 is 1.84 bits per heavy atom. The number of alkyl halides is 3. The Morgan fingerprint density at radius 3 is 2.55 bits per heavy atom. The molecule has 0 radical (unpaired) electrons. The van der Waals surface area contributed by atoms with Crippen LogP contribution in [0.3, 0.4) is 0 Å². The third-order valence-corrected chi connectivity index (χ3v) is 5.46. The minimum absolute atomic E-state index is 0.0254. The van der Waals surface area contributed by atoms with Crippen LogP contribution >= 0.6 is 0 Å². The molecule has 0 bridgehead atoms. The number of halogens is 3. The van der Waals surface area contributed by atoms with E-state index < -0.39 is 23.1 Å². The Kier molecular flexibility index (Phi) is 4.88. The highest BCUT2D eigenvalue weighted by Crippen LogP contribution is 2.42. The fraction of sp³-hybridized carbons (Fsp3) is 0.217. The zero-order valence-electron chi connectivity index (χ0n) is 16.7. The van der Waals surface area contributed by atoms with Crippen LogP contribution in [0.15, 0.2) is 59.0 Å². The van der Waals surface area contributed by atoms with Crippen molar-refractivity contribution in [1.82, 2.24) is 0 Å². The molecule has 1 aliphatic rings. The van der Waals surface area contributed by atoms with Crippen LogP contribution in [0.4, 0.5) is 18.9 Å². The average molecular weight is 429 g/mol. The third kappa shape index (κ3) is 3.69. The first kappa shape index (κ1) is 20.7. The Bertz CT molecular complexity index is 1180. The van der Waals surface area contributed by atoms with Gasteiger partial charge in [-0.25, -0.2) is 4.79 Å². The molecule has 1 aliphatic heterocycles. The summed E-state index contributed by atoms with van der Waals surface area (Å²) < 4.78 is 49.5. The molecular formula is C23H18F3NO4. The maximum Gasteiger partial charge on any atom is 0.416 e. The van der Waals surface area contributed by atoms with E-state index in [1.54, 1.807) is 37.3 Å². The normalized spacial score (nSPS) is 17.9. The van der Waals surface area contributed by atoms with Crippen molar-refractivity contribution in [3.63, 3.8) is 0 Å². The number of benzene rings is 2. The summed E-state index contributed by atoms with van der Waals surface area (Å²) in [6.45, 7) is 1.73. The average Bonchev–Trinajstić information content (AvgIpc) is 3.29. The van der Waals surface area contributed by atoms with Crippen LogP contribution in [-0.4, -0.2) is 19.0 Å². The fourth-order valence-electron chi connectivity index (χ4n) is 3.75. The monoisotopic (exact) mass is 429 g/mol. The minimum atomic E-state index is -4.45. The van der Waals surface area contributed by atoms with Gasteiger partial charge in [-0.3, -0.25) is 4.79 Å². The second kappa shape index (κ2) is 7.30. The molecule has 4 rings (SSSR count). The number of hydrogen-bond acceptors (Lipinski definition) is 4. The highest BCUT2D eigenvalue weighted by atomic mass is 19.4. The lowest BCUT2D eigenvalue weighted by Gasteiger charge is -2.21. The molecule has 2 aromatic carbocycles. The molecule has 1 unspecified atom stereocenters. The Hall–Kier alpha value is -3.55. The number of anilines is 1. The van der Waals surface area contributed by atoms with Crippen molar-refractivity contribution in [3.8, 4) is 11.1 Å². The van der Waals surface area contributed by atoms with Crippen LogP contribution in [0.25, 0.3) is 11.1 Å². The first-order valence-electron chi connectivity index (χ1n) is 9.42. The second-order valence-electron chi connectivity index (χ2n) is 7.56.